The molecule has 4 rings (SSSR count). The zero-order chi connectivity index (χ0) is 22.2. The molecule has 0 N–H and O–H groups in total. The Bertz CT molecular complexity index is 787. The molecule has 5 heteroatoms. The van der Waals surface area contributed by atoms with Crippen LogP contribution in [0.3, 0.4) is 0 Å². The normalized spacial score (nSPS) is 28.4. The van der Waals surface area contributed by atoms with Crippen LogP contribution in [0, 0.1) is 0 Å². The van der Waals surface area contributed by atoms with E-state index in [1.165, 1.54) is 37.7 Å². The maximum absolute atomic E-state index is 6.47. The van der Waals surface area contributed by atoms with Gasteiger partial charge in [-0.05, 0) is 31.4 Å². The van der Waals surface area contributed by atoms with Crippen LogP contribution >= 0.6 is 0 Å². The van der Waals surface area contributed by atoms with Crippen LogP contribution < -0.4 is 0 Å². The summed E-state index contributed by atoms with van der Waals surface area (Å²) in [7, 11) is 3.53. The van der Waals surface area contributed by atoms with E-state index in [-0.39, 0.29) is 30.6 Å². The van der Waals surface area contributed by atoms with Crippen molar-refractivity contribution in [2.75, 3.05) is 33.9 Å². The van der Waals surface area contributed by atoms with Gasteiger partial charge in [0.1, 0.15) is 12.2 Å². The van der Waals surface area contributed by atoms with Crippen molar-refractivity contribution in [1.82, 2.24) is 4.90 Å². The lowest BCUT2D eigenvalue weighted by Gasteiger charge is -2.51. The molecule has 0 aliphatic carbocycles. The molecular weight excluding hydrogens is 402 g/mol. The van der Waals surface area contributed by atoms with Gasteiger partial charge in [-0.25, -0.2) is 0 Å². The molecule has 32 heavy (non-hydrogen) atoms. The fraction of sp³-hybridized carbons (Fsp3) is 0.556. The van der Waals surface area contributed by atoms with E-state index in [9.17, 15) is 0 Å². The molecule has 5 atom stereocenters. The third-order valence-corrected chi connectivity index (χ3v) is 6.80. The van der Waals surface area contributed by atoms with Crippen molar-refractivity contribution in [3.63, 3.8) is 0 Å². The molecule has 2 unspecified atom stereocenters. The molecule has 0 radical (unpaired) electrons. The number of nitrogens with zero attached hydrogens (tertiary/aromatic N) is 1. The van der Waals surface area contributed by atoms with Gasteiger partial charge in [-0.15, -0.1) is 0 Å². The molecule has 2 aliphatic heterocycles. The van der Waals surface area contributed by atoms with Crippen molar-refractivity contribution in [3.05, 3.63) is 71.8 Å². The Morgan fingerprint density at radius 1 is 0.875 bits per heavy atom. The molecule has 2 aromatic rings. The van der Waals surface area contributed by atoms with Gasteiger partial charge >= 0.3 is 0 Å². The largest absolute Gasteiger partial charge is 0.377 e. The molecule has 2 fully saturated rings. The highest BCUT2D eigenvalue weighted by molar-refractivity contribution is 5.17. The third kappa shape index (κ3) is 5.77. The molecule has 0 amide bonds. The highest BCUT2D eigenvalue weighted by Gasteiger charge is 2.48. The summed E-state index contributed by atoms with van der Waals surface area (Å²) in [6, 6.07) is 21.1. The number of hydrogen-bond acceptors (Lipinski definition) is 5. The average Bonchev–Trinajstić information content (AvgIpc) is 2.86. The van der Waals surface area contributed by atoms with E-state index in [1.807, 2.05) is 18.2 Å². The van der Waals surface area contributed by atoms with Crippen LogP contribution in [0.2, 0.25) is 0 Å². The number of unbranched alkanes of at least 4 members (excludes halogenated alkanes) is 3. The predicted octanol–water partition coefficient (Wildman–Crippen LogP) is 4.62. The van der Waals surface area contributed by atoms with Crippen LogP contribution in [-0.2, 0) is 25.4 Å². The summed E-state index contributed by atoms with van der Waals surface area (Å²) >= 11 is 0. The molecular formula is C27H37NO4. The standard InChI is InChI=1S/C27H37NO4/c1-29-24-19-28(18-12-4-3-7-13-21-14-8-5-9-15-21)23-20-31-27(22-16-10-6-11-17-22)32-25(23)26(24)30-2/h5-6,8-11,14-17,23-27H,3-4,7,12-13,18-20H2,1-2H3/t23?,24-,25+,26+,27?/m0/s1. The molecule has 2 heterocycles. The SMILES string of the molecule is CO[C@@H]1[C@@H](OC)CN(CCCCCCc2ccccc2)C2COC(c3ccccc3)O[C@H]21. The Morgan fingerprint density at radius 3 is 2.31 bits per heavy atom. The Balaban J connectivity index is 1.30. The Morgan fingerprint density at radius 2 is 1.59 bits per heavy atom. The van der Waals surface area contributed by atoms with E-state index in [1.54, 1.807) is 14.2 Å². The van der Waals surface area contributed by atoms with Gasteiger partial charge in [-0.1, -0.05) is 73.5 Å². The Hall–Kier alpha value is -1.76. The van der Waals surface area contributed by atoms with Crippen LogP contribution in [0.15, 0.2) is 60.7 Å². The number of aryl methyl sites for hydroxylation is 1. The molecule has 5 nitrogen and oxygen atoms in total. The number of likely N-dealkylation sites (tertiary alicyclic amines) is 1. The molecule has 0 spiro atoms. The second kappa shape index (κ2) is 11.9. The van der Waals surface area contributed by atoms with Crippen LogP contribution in [0.5, 0.6) is 0 Å². The zero-order valence-corrected chi connectivity index (χ0v) is 19.4. The van der Waals surface area contributed by atoms with E-state index in [0.717, 1.165) is 18.7 Å². The van der Waals surface area contributed by atoms with E-state index in [2.05, 4.69) is 47.4 Å². The number of fused-ring (bicyclic) bond motifs is 1. The molecule has 0 bridgehead atoms. The summed E-state index contributed by atoms with van der Waals surface area (Å²) in [4.78, 5) is 2.49. The monoisotopic (exact) mass is 439 g/mol. The van der Waals surface area contributed by atoms with Gasteiger partial charge in [0.15, 0.2) is 6.29 Å². The number of hydrogen-bond donors (Lipinski definition) is 0. The first kappa shape index (κ1) is 23.4. The third-order valence-electron chi connectivity index (χ3n) is 6.80. The van der Waals surface area contributed by atoms with Gasteiger partial charge in [-0.3, -0.25) is 4.90 Å². The number of piperidine rings is 1. The van der Waals surface area contributed by atoms with E-state index < -0.39 is 0 Å². The first-order valence-corrected chi connectivity index (χ1v) is 12.0. The zero-order valence-electron chi connectivity index (χ0n) is 19.4. The number of methoxy groups -OCH3 is 2. The fourth-order valence-electron chi connectivity index (χ4n) is 5.02. The molecule has 0 aromatic heterocycles. The average molecular weight is 440 g/mol. The lowest BCUT2D eigenvalue weighted by Crippen LogP contribution is -2.66. The summed E-state index contributed by atoms with van der Waals surface area (Å²) in [5, 5.41) is 0. The van der Waals surface area contributed by atoms with E-state index in [4.69, 9.17) is 18.9 Å². The predicted molar refractivity (Wildman–Crippen MR) is 126 cm³/mol. The number of ether oxygens (including phenoxy) is 4. The molecule has 0 saturated carbocycles. The minimum atomic E-state index is -0.356. The van der Waals surface area contributed by atoms with Gasteiger partial charge in [0.2, 0.25) is 0 Å². The van der Waals surface area contributed by atoms with Crippen LogP contribution in [-0.4, -0.2) is 63.2 Å². The first-order chi connectivity index (χ1) is 15.8. The van der Waals surface area contributed by atoms with Crippen molar-refractivity contribution in [2.45, 2.75) is 62.7 Å². The molecule has 2 aliphatic rings. The van der Waals surface area contributed by atoms with Crippen molar-refractivity contribution in [1.29, 1.82) is 0 Å². The van der Waals surface area contributed by atoms with Crippen molar-refractivity contribution < 1.29 is 18.9 Å². The van der Waals surface area contributed by atoms with Gasteiger partial charge in [0.05, 0.1) is 18.8 Å². The lowest BCUT2D eigenvalue weighted by atomic mass is 9.92. The topological polar surface area (TPSA) is 40.2 Å². The maximum Gasteiger partial charge on any atom is 0.184 e. The van der Waals surface area contributed by atoms with Crippen molar-refractivity contribution in [2.24, 2.45) is 0 Å². The smallest absolute Gasteiger partial charge is 0.184 e. The van der Waals surface area contributed by atoms with Crippen molar-refractivity contribution >= 4 is 0 Å². The van der Waals surface area contributed by atoms with Crippen LogP contribution in [0.4, 0.5) is 0 Å². The summed E-state index contributed by atoms with van der Waals surface area (Å²) in [6.45, 7) is 2.53. The van der Waals surface area contributed by atoms with Crippen LogP contribution in [0.25, 0.3) is 0 Å². The van der Waals surface area contributed by atoms with Gasteiger partial charge in [-0.2, -0.15) is 0 Å². The minimum Gasteiger partial charge on any atom is -0.377 e. The Labute approximate surface area is 192 Å². The summed E-state index contributed by atoms with van der Waals surface area (Å²) < 4.78 is 24.3. The molecule has 2 saturated heterocycles. The summed E-state index contributed by atoms with van der Waals surface area (Å²) in [5.41, 5.74) is 2.48. The maximum atomic E-state index is 6.47. The van der Waals surface area contributed by atoms with Gasteiger partial charge in [0, 0.05) is 26.3 Å². The van der Waals surface area contributed by atoms with Gasteiger partial charge in [0.25, 0.3) is 0 Å². The number of benzene rings is 2. The fourth-order valence-corrected chi connectivity index (χ4v) is 5.02. The van der Waals surface area contributed by atoms with Gasteiger partial charge < -0.3 is 18.9 Å². The highest BCUT2D eigenvalue weighted by Crippen LogP contribution is 2.35. The summed E-state index contributed by atoms with van der Waals surface area (Å²) in [5.74, 6) is 0. The highest BCUT2D eigenvalue weighted by atomic mass is 16.7. The lowest BCUT2D eigenvalue weighted by molar-refractivity contribution is -0.292. The molecule has 174 valence electrons. The first-order valence-electron chi connectivity index (χ1n) is 12.0. The second-order valence-electron chi connectivity index (χ2n) is 8.86. The minimum absolute atomic E-state index is 0.00569. The second-order valence-corrected chi connectivity index (χ2v) is 8.86. The van der Waals surface area contributed by atoms with Crippen LogP contribution in [0.1, 0.15) is 43.1 Å². The Kier molecular flexibility index (Phi) is 8.71. The number of rotatable bonds is 10. The van der Waals surface area contributed by atoms with E-state index in [0.29, 0.717) is 6.61 Å². The van der Waals surface area contributed by atoms with Crippen molar-refractivity contribution in [3.8, 4) is 0 Å². The molecule has 2 aromatic carbocycles. The summed E-state index contributed by atoms with van der Waals surface area (Å²) in [6.07, 6.45) is 5.55. The quantitative estimate of drug-likeness (QED) is 0.505. The van der Waals surface area contributed by atoms with E-state index >= 15 is 0 Å².